The number of thiazole rings is 1. The van der Waals surface area contributed by atoms with Crippen LogP contribution in [0.25, 0.3) is 0 Å². The van der Waals surface area contributed by atoms with E-state index >= 15 is 0 Å². The molecule has 0 spiro atoms. The molecule has 20 heavy (non-hydrogen) atoms. The lowest BCUT2D eigenvalue weighted by molar-refractivity contribution is 0.181. The molecule has 0 saturated carbocycles. The molecule has 0 radical (unpaired) electrons. The highest BCUT2D eigenvalue weighted by Gasteiger charge is 2.14. The van der Waals surface area contributed by atoms with Gasteiger partial charge in [-0.15, -0.1) is 0 Å². The SMILES string of the molecule is COCc1nc(N(C)c2cccc(OC)c2)sc1CN. The topological polar surface area (TPSA) is 60.6 Å². The van der Waals surface area contributed by atoms with E-state index in [9.17, 15) is 0 Å². The normalized spacial score (nSPS) is 10.6. The van der Waals surface area contributed by atoms with E-state index in [1.165, 1.54) is 0 Å². The molecule has 2 rings (SSSR count). The number of anilines is 2. The first-order valence-corrected chi connectivity index (χ1v) is 7.06. The van der Waals surface area contributed by atoms with Gasteiger partial charge in [0.05, 0.1) is 19.4 Å². The smallest absolute Gasteiger partial charge is 0.190 e. The molecule has 1 aromatic heterocycles. The lowest BCUT2D eigenvalue weighted by Crippen LogP contribution is -2.09. The molecule has 0 fully saturated rings. The van der Waals surface area contributed by atoms with Crippen molar-refractivity contribution in [3.05, 3.63) is 34.8 Å². The Morgan fingerprint density at radius 2 is 2.15 bits per heavy atom. The maximum Gasteiger partial charge on any atom is 0.190 e. The first-order valence-electron chi connectivity index (χ1n) is 6.25. The zero-order valence-corrected chi connectivity index (χ0v) is 12.7. The van der Waals surface area contributed by atoms with Crippen molar-refractivity contribution >= 4 is 22.2 Å². The first-order chi connectivity index (χ1) is 9.69. The van der Waals surface area contributed by atoms with Gasteiger partial charge >= 0.3 is 0 Å². The number of nitrogens with zero attached hydrogens (tertiary/aromatic N) is 2. The molecular formula is C14H19N3O2S. The van der Waals surface area contributed by atoms with Crippen LogP contribution in [-0.4, -0.2) is 26.3 Å². The quantitative estimate of drug-likeness (QED) is 0.887. The summed E-state index contributed by atoms with van der Waals surface area (Å²) in [6.07, 6.45) is 0. The molecule has 0 unspecified atom stereocenters. The van der Waals surface area contributed by atoms with Crippen LogP contribution in [0.15, 0.2) is 24.3 Å². The van der Waals surface area contributed by atoms with Crippen molar-refractivity contribution in [1.82, 2.24) is 4.98 Å². The van der Waals surface area contributed by atoms with Crippen molar-refractivity contribution in [1.29, 1.82) is 0 Å². The van der Waals surface area contributed by atoms with E-state index in [4.69, 9.17) is 15.2 Å². The van der Waals surface area contributed by atoms with Gasteiger partial charge in [0.15, 0.2) is 5.13 Å². The molecule has 1 aromatic carbocycles. The standard InChI is InChI=1S/C14H19N3O2S/c1-17(10-5-4-6-11(7-10)19-3)14-16-12(9-18-2)13(8-15)20-14/h4-7H,8-9,15H2,1-3H3. The molecule has 108 valence electrons. The molecular weight excluding hydrogens is 274 g/mol. The van der Waals surface area contributed by atoms with Crippen molar-refractivity contribution < 1.29 is 9.47 Å². The Morgan fingerprint density at radius 3 is 2.80 bits per heavy atom. The summed E-state index contributed by atoms with van der Waals surface area (Å²) in [6.45, 7) is 0.956. The van der Waals surface area contributed by atoms with E-state index in [0.717, 1.165) is 27.1 Å². The Hall–Kier alpha value is -1.63. The summed E-state index contributed by atoms with van der Waals surface area (Å²) >= 11 is 1.58. The maximum atomic E-state index is 5.76. The van der Waals surface area contributed by atoms with Gasteiger partial charge in [0.2, 0.25) is 0 Å². The van der Waals surface area contributed by atoms with Crippen molar-refractivity contribution in [3.8, 4) is 5.75 Å². The summed E-state index contributed by atoms with van der Waals surface area (Å²) in [5.74, 6) is 0.821. The van der Waals surface area contributed by atoms with Gasteiger partial charge in [0.1, 0.15) is 5.75 Å². The third kappa shape index (κ3) is 3.09. The van der Waals surface area contributed by atoms with Crippen molar-refractivity contribution in [2.75, 3.05) is 26.2 Å². The van der Waals surface area contributed by atoms with Gasteiger partial charge in [-0.05, 0) is 12.1 Å². The minimum Gasteiger partial charge on any atom is -0.497 e. The number of hydrogen-bond acceptors (Lipinski definition) is 6. The molecule has 2 N–H and O–H groups in total. The highest BCUT2D eigenvalue weighted by Crippen LogP contribution is 2.32. The second-order valence-electron chi connectivity index (χ2n) is 4.26. The Morgan fingerprint density at radius 1 is 1.35 bits per heavy atom. The minimum atomic E-state index is 0.475. The van der Waals surface area contributed by atoms with Crippen LogP contribution in [0.2, 0.25) is 0 Å². The summed E-state index contributed by atoms with van der Waals surface area (Å²) in [7, 11) is 5.29. The van der Waals surface area contributed by atoms with Gasteiger partial charge in [-0.1, -0.05) is 17.4 Å². The molecule has 0 saturated heterocycles. The second-order valence-corrected chi connectivity index (χ2v) is 5.33. The number of aromatic nitrogens is 1. The van der Waals surface area contributed by atoms with Crippen LogP contribution < -0.4 is 15.4 Å². The number of benzene rings is 1. The largest absolute Gasteiger partial charge is 0.497 e. The van der Waals surface area contributed by atoms with Crippen LogP contribution in [0, 0.1) is 0 Å². The molecule has 6 heteroatoms. The number of methoxy groups -OCH3 is 2. The lowest BCUT2D eigenvalue weighted by atomic mass is 10.3. The summed E-state index contributed by atoms with van der Waals surface area (Å²) < 4.78 is 10.4. The van der Waals surface area contributed by atoms with E-state index in [1.54, 1.807) is 25.6 Å². The summed E-state index contributed by atoms with van der Waals surface area (Å²) in [6, 6.07) is 7.86. The minimum absolute atomic E-state index is 0.475. The molecule has 0 aliphatic rings. The van der Waals surface area contributed by atoms with Crippen LogP contribution in [0.3, 0.4) is 0 Å². The lowest BCUT2D eigenvalue weighted by Gasteiger charge is -2.16. The van der Waals surface area contributed by atoms with E-state index in [2.05, 4.69) is 4.98 Å². The number of hydrogen-bond donors (Lipinski definition) is 1. The molecule has 0 bridgehead atoms. The van der Waals surface area contributed by atoms with E-state index in [-0.39, 0.29) is 0 Å². The summed E-state index contributed by atoms with van der Waals surface area (Å²) in [4.78, 5) is 7.67. The third-order valence-corrected chi connectivity index (χ3v) is 4.16. The Labute approximate surface area is 123 Å². The number of nitrogens with two attached hydrogens (primary N) is 1. The molecule has 1 heterocycles. The van der Waals surface area contributed by atoms with E-state index in [0.29, 0.717) is 13.2 Å². The van der Waals surface area contributed by atoms with Crippen LogP contribution in [-0.2, 0) is 17.9 Å². The van der Waals surface area contributed by atoms with Crippen LogP contribution in [0.4, 0.5) is 10.8 Å². The average molecular weight is 293 g/mol. The van der Waals surface area contributed by atoms with Gasteiger partial charge in [-0.2, -0.15) is 0 Å². The van der Waals surface area contributed by atoms with Crippen molar-refractivity contribution in [3.63, 3.8) is 0 Å². The number of rotatable bonds is 6. The third-order valence-electron chi connectivity index (χ3n) is 2.96. The number of ether oxygens (including phenoxy) is 2. The van der Waals surface area contributed by atoms with Gasteiger partial charge in [-0.25, -0.2) is 4.98 Å². The van der Waals surface area contributed by atoms with E-state index < -0.39 is 0 Å². The Bertz CT molecular complexity index is 571. The van der Waals surface area contributed by atoms with Crippen LogP contribution in [0.1, 0.15) is 10.6 Å². The zero-order chi connectivity index (χ0) is 14.5. The Kier molecular flexibility index (Phi) is 4.94. The second kappa shape index (κ2) is 6.69. The molecule has 2 aromatic rings. The van der Waals surface area contributed by atoms with Crippen LogP contribution in [0.5, 0.6) is 5.75 Å². The fourth-order valence-corrected chi connectivity index (χ4v) is 2.78. The first kappa shape index (κ1) is 14.8. The van der Waals surface area contributed by atoms with Gasteiger partial charge in [0.25, 0.3) is 0 Å². The molecule has 0 atom stereocenters. The van der Waals surface area contributed by atoms with Gasteiger partial charge in [-0.3, -0.25) is 0 Å². The van der Waals surface area contributed by atoms with Gasteiger partial charge in [0, 0.05) is 37.3 Å². The molecule has 0 amide bonds. The molecule has 0 aliphatic heterocycles. The van der Waals surface area contributed by atoms with Crippen molar-refractivity contribution in [2.24, 2.45) is 5.73 Å². The molecule has 0 aliphatic carbocycles. The fourth-order valence-electron chi connectivity index (χ4n) is 1.85. The monoisotopic (exact) mass is 293 g/mol. The predicted octanol–water partition coefficient (Wildman–Crippen LogP) is 2.52. The predicted molar refractivity (Wildman–Crippen MR) is 81.8 cm³/mol. The zero-order valence-electron chi connectivity index (χ0n) is 11.9. The average Bonchev–Trinajstić information content (AvgIpc) is 2.90. The van der Waals surface area contributed by atoms with E-state index in [1.807, 2.05) is 36.2 Å². The summed E-state index contributed by atoms with van der Waals surface area (Å²) in [5, 5.41) is 0.894. The Balaban J connectivity index is 2.29. The van der Waals surface area contributed by atoms with Crippen LogP contribution >= 0.6 is 11.3 Å². The fraction of sp³-hybridized carbons (Fsp3) is 0.357. The highest BCUT2D eigenvalue weighted by atomic mass is 32.1. The van der Waals surface area contributed by atoms with Gasteiger partial charge < -0.3 is 20.1 Å². The highest BCUT2D eigenvalue weighted by molar-refractivity contribution is 7.15. The molecule has 5 nitrogen and oxygen atoms in total. The summed E-state index contributed by atoms with van der Waals surface area (Å²) in [5.41, 5.74) is 7.68. The maximum absolute atomic E-state index is 5.76. The van der Waals surface area contributed by atoms with Crippen molar-refractivity contribution in [2.45, 2.75) is 13.2 Å².